The fourth-order valence-electron chi connectivity index (χ4n) is 1.52. The van der Waals surface area contributed by atoms with Crippen molar-refractivity contribution in [2.45, 2.75) is 51.2 Å². The normalized spacial score (nSPS) is 12.3. The van der Waals surface area contributed by atoms with Gasteiger partial charge in [-0.3, -0.25) is 4.79 Å². The van der Waals surface area contributed by atoms with Crippen LogP contribution in [-0.2, 0) is 9.53 Å². The van der Waals surface area contributed by atoms with Crippen LogP contribution in [0.4, 0.5) is 0 Å². The molecular weight excluding hydrogens is 276 g/mol. The summed E-state index contributed by atoms with van der Waals surface area (Å²) in [5.41, 5.74) is 0. The van der Waals surface area contributed by atoms with Crippen LogP contribution < -0.4 is 0 Å². The summed E-state index contributed by atoms with van der Waals surface area (Å²) in [5, 5.41) is 9.17. The highest BCUT2D eigenvalue weighted by Gasteiger charge is 2.02. The number of aliphatic hydroxyl groups excluding tert-OH is 1. The van der Waals surface area contributed by atoms with E-state index < -0.39 is 18.2 Å². The Balaban J connectivity index is 4.36. The second kappa shape index (κ2) is 13.7. The van der Waals surface area contributed by atoms with E-state index in [9.17, 15) is 4.79 Å². The standard InChI is InChI=1S/C19H24O3/c1-4-6-7-8-9-10-11-15-19(22-17(3)20)16-13-12-14-18(21)5-2/h4-5,11,15,18-19,21H,1-2,6-10H2,3H3/b15-11+/t18-,19-/m0/s1. The Kier molecular flexibility index (Phi) is 12.3. The lowest BCUT2D eigenvalue weighted by molar-refractivity contribution is -0.142. The Hall–Kier alpha value is -2.23. The van der Waals surface area contributed by atoms with Gasteiger partial charge in [-0.15, -0.1) is 6.58 Å². The summed E-state index contributed by atoms with van der Waals surface area (Å²) in [7, 11) is 0. The molecule has 0 aliphatic rings. The molecule has 0 amide bonds. The molecule has 3 nitrogen and oxygen atoms in total. The van der Waals surface area contributed by atoms with E-state index in [-0.39, 0.29) is 0 Å². The average Bonchev–Trinajstić information content (AvgIpc) is 2.49. The van der Waals surface area contributed by atoms with E-state index in [1.807, 2.05) is 12.2 Å². The molecule has 0 spiro atoms. The Morgan fingerprint density at radius 2 is 1.86 bits per heavy atom. The summed E-state index contributed by atoms with van der Waals surface area (Å²) in [6, 6.07) is 0. The Morgan fingerprint density at radius 3 is 2.50 bits per heavy atom. The summed E-state index contributed by atoms with van der Waals surface area (Å²) < 4.78 is 5.07. The van der Waals surface area contributed by atoms with Crippen molar-refractivity contribution in [2.24, 2.45) is 0 Å². The molecule has 22 heavy (non-hydrogen) atoms. The quantitative estimate of drug-likeness (QED) is 0.308. The van der Waals surface area contributed by atoms with Crippen molar-refractivity contribution >= 4 is 5.97 Å². The summed E-state index contributed by atoms with van der Waals surface area (Å²) in [6.45, 7) is 8.43. The fourth-order valence-corrected chi connectivity index (χ4v) is 1.52. The molecule has 0 saturated heterocycles. The van der Waals surface area contributed by atoms with Crippen LogP contribution in [0.1, 0.15) is 39.0 Å². The maximum Gasteiger partial charge on any atom is 0.304 e. The molecule has 0 aromatic heterocycles. The van der Waals surface area contributed by atoms with Crippen LogP contribution in [0.3, 0.4) is 0 Å². The summed E-state index contributed by atoms with van der Waals surface area (Å²) >= 11 is 0. The third kappa shape index (κ3) is 12.8. The number of aliphatic hydroxyl groups is 1. The number of carbonyl (C=O) groups excluding carboxylic acids is 1. The zero-order chi connectivity index (χ0) is 16.6. The first-order valence-corrected chi connectivity index (χ1v) is 7.36. The van der Waals surface area contributed by atoms with E-state index in [2.05, 4.69) is 36.8 Å². The second-order valence-electron chi connectivity index (χ2n) is 4.60. The molecule has 0 radical (unpaired) electrons. The molecule has 0 aliphatic heterocycles. The van der Waals surface area contributed by atoms with Crippen molar-refractivity contribution in [3.05, 3.63) is 37.5 Å². The van der Waals surface area contributed by atoms with Crippen molar-refractivity contribution in [2.75, 3.05) is 0 Å². The largest absolute Gasteiger partial charge is 0.445 e. The van der Waals surface area contributed by atoms with Gasteiger partial charge < -0.3 is 9.84 Å². The Morgan fingerprint density at radius 1 is 1.18 bits per heavy atom. The molecule has 0 aromatic carbocycles. The number of carbonyl (C=O) groups is 1. The second-order valence-corrected chi connectivity index (χ2v) is 4.60. The molecule has 0 saturated carbocycles. The van der Waals surface area contributed by atoms with Gasteiger partial charge in [0.15, 0.2) is 6.10 Å². The molecule has 0 rings (SSSR count). The van der Waals surface area contributed by atoms with Crippen molar-refractivity contribution in [3.63, 3.8) is 0 Å². The van der Waals surface area contributed by atoms with E-state index >= 15 is 0 Å². The number of hydrogen-bond donors (Lipinski definition) is 1. The lowest BCUT2D eigenvalue weighted by atomic mass is 10.1. The van der Waals surface area contributed by atoms with Gasteiger partial charge in [0.1, 0.15) is 6.10 Å². The van der Waals surface area contributed by atoms with Crippen molar-refractivity contribution in [1.82, 2.24) is 0 Å². The molecule has 1 N–H and O–H groups in total. The predicted molar refractivity (Wildman–Crippen MR) is 89.7 cm³/mol. The smallest absolute Gasteiger partial charge is 0.304 e. The van der Waals surface area contributed by atoms with Gasteiger partial charge in [-0.2, -0.15) is 0 Å². The summed E-state index contributed by atoms with van der Waals surface area (Å²) in [6.07, 6.45) is 10.8. The van der Waals surface area contributed by atoms with Crippen LogP contribution >= 0.6 is 0 Å². The molecule has 0 aliphatic carbocycles. The van der Waals surface area contributed by atoms with Crippen LogP contribution in [0, 0.1) is 23.7 Å². The highest BCUT2D eigenvalue weighted by Crippen LogP contribution is 2.05. The maximum absolute atomic E-state index is 11.0. The van der Waals surface area contributed by atoms with Crippen LogP contribution in [-0.4, -0.2) is 23.3 Å². The zero-order valence-corrected chi connectivity index (χ0v) is 13.2. The van der Waals surface area contributed by atoms with Gasteiger partial charge in [-0.25, -0.2) is 0 Å². The first-order chi connectivity index (χ1) is 10.6. The summed E-state index contributed by atoms with van der Waals surface area (Å²) in [5.74, 6) is 9.88. The van der Waals surface area contributed by atoms with Crippen LogP contribution in [0.5, 0.6) is 0 Å². The van der Waals surface area contributed by atoms with Crippen LogP contribution in [0.25, 0.3) is 0 Å². The van der Waals surface area contributed by atoms with E-state index in [1.165, 1.54) is 13.0 Å². The molecule has 0 fully saturated rings. The van der Waals surface area contributed by atoms with Gasteiger partial charge in [-0.1, -0.05) is 37.1 Å². The van der Waals surface area contributed by atoms with E-state index in [0.717, 1.165) is 32.1 Å². The first-order valence-electron chi connectivity index (χ1n) is 7.36. The van der Waals surface area contributed by atoms with Gasteiger partial charge >= 0.3 is 5.97 Å². The fraction of sp³-hybridized carbons (Fsp3) is 0.421. The van der Waals surface area contributed by atoms with Crippen molar-refractivity contribution in [3.8, 4) is 23.7 Å². The molecule has 0 aromatic rings. The number of esters is 1. The molecule has 3 heteroatoms. The Bertz CT molecular complexity index is 494. The molecule has 0 bridgehead atoms. The number of unbranched alkanes of at least 4 members (excludes halogenated alkanes) is 4. The first kappa shape index (κ1) is 19.8. The number of rotatable bonds is 9. The minimum absolute atomic E-state index is 0.394. The van der Waals surface area contributed by atoms with Crippen molar-refractivity contribution < 1.29 is 14.6 Å². The van der Waals surface area contributed by atoms with Gasteiger partial charge in [-0.05, 0) is 49.5 Å². The van der Waals surface area contributed by atoms with Gasteiger partial charge in [0, 0.05) is 6.92 Å². The zero-order valence-electron chi connectivity index (χ0n) is 13.2. The lowest BCUT2D eigenvalue weighted by Gasteiger charge is -2.05. The van der Waals surface area contributed by atoms with E-state index in [0.29, 0.717) is 0 Å². The monoisotopic (exact) mass is 300 g/mol. The van der Waals surface area contributed by atoms with Gasteiger partial charge in [0.05, 0.1) is 0 Å². The lowest BCUT2D eigenvalue weighted by Crippen LogP contribution is -2.11. The average molecular weight is 300 g/mol. The van der Waals surface area contributed by atoms with Crippen LogP contribution in [0.2, 0.25) is 0 Å². The van der Waals surface area contributed by atoms with E-state index in [4.69, 9.17) is 9.84 Å². The topological polar surface area (TPSA) is 46.5 Å². The van der Waals surface area contributed by atoms with Crippen molar-refractivity contribution in [1.29, 1.82) is 0 Å². The van der Waals surface area contributed by atoms with E-state index in [1.54, 1.807) is 6.08 Å². The minimum Gasteiger partial charge on any atom is -0.445 e. The number of allylic oxidation sites excluding steroid dienone is 2. The SMILES string of the molecule is C=CCCCCC/C=C/[C@@H](C#CC#C[C@@H](O)C=C)OC(C)=O. The van der Waals surface area contributed by atoms with Gasteiger partial charge in [0.25, 0.3) is 0 Å². The third-order valence-electron chi connectivity index (χ3n) is 2.60. The number of hydrogen-bond acceptors (Lipinski definition) is 3. The highest BCUT2D eigenvalue weighted by atomic mass is 16.5. The van der Waals surface area contributed by atoms with Gasteiger partial charge in [0.2, 0.25) is 0 Å². The maximum atomic E-state index is 11.0. The third-order valence-corrected chi connectivity index (χ3v) is 2.60. The molecular formula is C19H24O3. The van der Waals surface area contributed by atoms with Crippen LogP contribution in [0.15, 0.2) is 37.5 Å². The minimum atomic E-state index is -0.896. The molecule has 0 heterocycles. The summed E-state index contributed by atoms with van der Waals surface area (Å²) in [4.78, 5) is 11.0. The Labute approximate surface area is 133 Å². The number of ether oxygens (including phenoxy) is 1. The molecule has 0 unspecified atom stereocenters. The molecule has 118 valence electrons. The highest BCUT2D eigenvalue weighted by molar-refractivity contribution is 5.66. The molecule has 2 atom stereocenters. The predicted octanol–water partition coefficient (Wildman–Crippen LogP) is 3.16.